The molecule has 4 nitrogen and oxygen atoms in total. The van der Waals surface area contributed by atoms with Gasteiger partial charge >= 0.3 is 0 Å². The molecular weight excluding hydrogens is 334 g/mol. The van der Waals surface area contributed by atoms with Gasteiger partial charge in [0.05, 0.1) is 0 Å². The Balaban J connectivity index is 2.65. The van der Waals surface area contributed by atoms with Crippen LogP contribution in [0.25, 0.3) is 0 Å². The molecule has 0 aromatic carbocycles. The van der Waals surface area contributed by atoms with Gasteiger partial charge in [-0.1, -0.05) is 78.1 Å². The Morgan fingerprint density at radius 2 is 1.52 bits per heavy atom. The third kappa shape index (κ3) is 11.1. The molecule has 1 N–H and O–H groups in total. The zero-order valence-corrected chi connectivity index (χ0v) is 17.8. The molecule has 4 heteroatoms. The molecule has 0 radical (unpaired) electrons. The highest BCUT2D eigenvalue weighted by atomic mass is 16.1. The van der Waals surface area contributed by atoms with E-state index in [0.29, 0.717) is 0 Å². The molecule has 0 unspecified atom stereocenters. The quantitative estimate of drug-likeness (QED) is 0.437. The van der Waals surface area contributed by atoms with Gasteiger partial charge in [-0.3, -0.25) is 4.79 Å². The smallest absolute Gasteiger partial charge is 0.263 e. The second-order valence-electron chi connectivity index (χ2n) is 7.97. The minimum absolute atomic E-state index is 0.188. The minimum Gasteiger partial charge on any atom is -0.376 e. The van der Waals surface area contributed by atoms with E-state index in [4.69, 9.17) is 0 Å². The van der Waals surface area contributed by atoms with Gasteiger partial charge in [-0.2, -0.15) is 5.26 Å². The zero-order valence-electron chi connectivity index (χ0n) is 17.8. The van der Waals surface area contributed by atoms with Crippen molar-refractivity contribution in [2.75, 3.05) is 13.1 Å². The molecule has 1 amide bonds. The summed E-state index contributed by atoms with van der Waals surface area (Å²) in [4.78, 5) is 14.8. The van der Waals surface area contributed by atoms with Gasteiger partial charge in [-0.25, -0.2) is 0 Å². The molecule has 1 fully saturated rings. The largest absolute Gasteiger partial charge is 0.376 e. The molecular formula is C23H41N3O. The lowest BCUT2D eigenvalue weighted by Gasteiger charge is -2.22. The summed E-state index contributed by atoms with van der Waals surface area (Å²) in [5.41, 5.74) is 0.255. The van der Waals surface area contributed by atoms with E-state index < -0.39 is 0 Å². The van der Waals surface area contributed by atoms with Crippen LogP contribution in [0.5, 0.6) is 0 Å². The van der Waals surface area contributed by atoms with Crippen molar-refractivity contribution in [2.24, 2.45) is 0 Å². The Morgan fingerprint density at radius 1 is 0.963 bits per heavy atom. The van der Waals surface area contributed by atoms with Crippen molar-refractivity contribution >= 4 is 5.91 Å². The summed E-state index contributed by atoms with van der Waals surface area (Å²) < 4.78 is 0. The molecule has 1 rings (SSSR count). The van der Waals surface area contributed by atoms with Crippen molar-refractivity contribution in [3.8, 4) is 6.07 Å². The lowest BCUT2D eigenvalue weighted by molar-refractivity contribution is -0.118. The van der Waals surface area contributed by atoms with Gasteiger partial charge < -0.3 is 10.2 Å². The van der Waals surface area contributed by atoms with Gasteiger partial charge in [0, 0.05) is 25.3 Å². The SMILES string of the molecule is CCCCN(/C=C(/C#N)C(=O)NC1CCCCCCCCCCC1)CCC. The first-order chi connectivity index (χ1) is 13.2. The number of hydrogen-bond donors (Lipinski definition) is 1. The summed E-state index contributed by atoms with van der Waals surface area (Å²) in [7, 11) is 0. The molecule has 0 aromatic heterocycles. The normalized spacial score (nSPS) is 18.0. The second-order valence-corrected chi connectivity index (χ2v) is 7.97. The highest BCUT2D eigenvalue weighted by Crippen LogP contribution is 2.17. The highest BCUT2D eigenvalue weighted by Gasteiger charge is 2.17. The monoisotopic (exact) mass is 375 g/mol. The van der Waals surface area contributed by atoms with Crippen molar-refractivity contribution in [3.05, 3.63) is 11.8 Å². The third-order valence-corrected chi connectivity index (χ3v) is 5.43. The number of carbonyl (C=O) groups is 1. The maximum absolute atomic E-state index is 12.7. The number of hydrogen-bond acceptors (Lipinski definition) is 3. The van der Waals surface area contributed by atoms with E-state index in [9.17, 15) is 10.1 Å². The fourth-order valence-corrected chi connectivity index (χ4v) is 3.78. The molecule has 1 aliphatic rings. The number of carbonyl (C=O) groups excluding carboxylic acids is 1. The predicted molar refractivity (Wildman–Crippen MR) is 113 cm³/mol. The lowest BCUT2D eigenvalue weighted by atomic mass is 9.97. The summed E-state index contributed by atoms with van der Waals surface area (Å²) >= 11 is 0. The number of nitrogens with one attached hydrogen (secondary N) is 1. The van der Waals surface area contributed by atoms with Crippen molar-refractivity contribution in [2.45, 2.75) is 110 Å². The van der Waals surface area contributed by atoms with Crippen LogP contribution in [-0.2, 0) is 4.79 Å². The average Bonchev–Trinajstić information content (AvgIpc) is 2.66. The molecule has 0 aliphatic heterocycles. The van der Waals surface area contributed by atoms with Crippen LogP contribution in [0.15, 0.2) is 11.8 Å². The summed E-state index contributed by atoms with van der Waals surface area (Å²) in [6, 6.07) is 2.34. The molecule has 154 valence electrons. The zero-order chi connectivity index (χ0) is 19.7. The van der Waals surface area contributed by atoms with E-state index in [1.165, 1.54) is 57.8 Å². The molecule has 27 heavy (non-hydrogen) atoms. The number of unbranched alkanes of at least 4 members (excludes halogenated alkanes) is 1. The third-order valence-electron chi connectivity index (χ3n) is 5.43. The van der Waals surface area contributed by atoms with E-state index in [2.05, 4.69) is 30.1 Å². The molecule has 0 saturated heterocycles. The minimum atomic E-state index is -0.188. The standard InChI is InChI=1S/C23H41N3O/c1-3-5-18-26(17-4-2)20-21(19-24)23(27)25-22-15-13-11-9-7-6-8-10-12-14-16-22/h20,22H,3-18H2,1-2H3,(H,25,27)/b21-20-. The van der Waals surface area contributed by atoms with Crippen molar-refractivity contribution in [3.63, 3.8) is 0 Å². The summed E-state index contributed by atoms with van der Waals surface area (Å²) in [6.45, 7) is 6.09. The number of amides is 1. The number of nitriles is 1. The molecule has 0 atom stereocenters. The van der Waals surface area contributed by atoms with Crippen LogP contribution in [0.3, 0.4) is 0 Å². The van der Waals surface area contributed by atoms with Crippen molar-refractivity contribution < 1.29 is 4.79 Å². The van der Waals surface area contributed by atoms with E-state index >= 15 is 0 Å². The molecule has 1 aliphatic carbocycles. The van der Waals surface area contributed by atoms with E-state index in [1.54, 1.807) is 6.20 Å². The van der Waals surface area contributed by atoms with Crippen LogP contribution in [0.1, 0.15) is 104 Å². The van der Waals surface area contributed by atoms with Crippen molar-refractivity contribution in [1.29, 1.82) is 5.26 Å². The van der Waals surface area contributed by atoms with Gasteiger partial charge in [-0.05, 0) is 25.7 Å². The highest BCUT2D eigenvalue weighted by molar-refractivity contribution is 5.97. The number of nitrogens with zero attached hydrogens (tertiary/aromatic N) is 2. The summed E-state index contributed by atoms with van der Waals surface area (Å²) in [5.74, 6) is -0.188. The van der Waals surface area contributed by atoms with E-state index in [-0.39, 0.29) is 17.5 Å². The van der Waals surface area contributed by atoms with Gasteiger partial charge in [0.2, 0.25) is 0 Å². The number of rotatable bonds is 8. The van der Waals surface area contributed by atoms with Crippen LogP contribution >= 0.6 is 0 Å². The Kier molecular flexibility index (Phi) is 13.6. The van der Waals surface area contributed by atoms with Gasteiger partial charge in [-0.15, -0.1) is 0 Å². The Bertz CT molecular complexity index is 455. The predicted octanol–water partition coefficient (Wildman–Crippen LogP) is 5.70. The second kappa shape index (κ2) is 15.5. The maximum Gasteiger partial charge on any atom is 0.263 e. The topological polar surface area (TPSA) is 56.1 Å². The molecule has 0 aromatic rings. The fraction of sp³-hybridized carbons (Fsp3) is 0.826. The van der Waals surface area contributed by atoms with Crippen LogP contribution in [0.4, 0.5) is 0 Å². The first-order valence-electron chi connectivity index (χ1n) is 11.4. The van der Waals surface area contributed by atoms with Crippen LogP contribution in [0.2, 0.25) is 0 Å². The average molecular weight is 376 g/mol. The molecule has 0 spiro atoms. The van der Waals surface area contributed by atoms with Crippen molar-refractivity contribution in [1.82, 2.24) is 10.2 Å². The molecule has 1 saturated carbocycles. The van der Waals surface area contributed by atoms with Gasteiger partial charge in [0.25, 0.3) is 5.91 Å². The Morgan fingerprint density at radius 3 is 2.00 bits per heavy atom. The van der Waals surface area contributed by atoms with Crippen LogP contribution < -0.4 is 5.32 Å². The van der Waals surface area contributed by atoms with E-state index in [0.717, 1.165) is 45.2 Å². The molecule has 0 bridgehead atoms. The Labute approximate surface area is 167 Å². The maximum atomic E-state index is 12.7. The van der Waals surface area contributed by atoms with Crippen LogP contribution in [-0.4, -0.2) is 29.9 Å². The summed E-state index contributed by atoms with van der Waals surface area (Å²) in [6.07, 6.45) is 18.7. The van der Waals surface area contributed by atoms with Gasteiger partial charge in [0.15, 0.2) is 0 Å². The van der Waals surface area contributed by atoms with E-state index in [1.807, 2.05) is 0 Å². The first-order valence-corrected chi connectivity index (χ1v) is 11.4. The lowest BCUT2D eigenvalue weighted by Crippen LogP contribution is -2.36. The Hall–Kier alpha value is -1.50. The van der Waals surface area contributed by atoms with Crippen LogP contribution in [0, 0.1) is 11.3 Å². The molecule has 0 heterocycles. The summed E-state index contributed by atoms with van der Waals surface area (Å²) in [5, 5.41) is 12.7. The fourth-order valence-electron chi connectivity index (χ4n) is 3.78. The van der Waals surface area contributed by atoms with Gasteiger partial charge in [0.1, 0.15) is 11.6 Å². The first kappa shape index (κ1) is 23.5.